The number of carbonyl (C=O) groups excluding carboxylic acids is 2. The van der Waals surface area contributed by atoms with E-state index in [9.17, 15) is 23.1 Å². The lowest BCUT2D eigenvalue weighted by atomic mass is 9.97. The van der Waals surface area contributed by atoms with Crippen molar-refractivity contribution >= 4 is 56.8 Å². The molecule has 230 valence electrons. The molecule has 8 nitrogen and oxygen atoms in total. The van der Waals surface area contributed by atoms with Crippen LogP contribution >= 0.6 is 35.0 Å². The molecule has 0 saturated carbocycles. The van der Waals surface area contributed by atoms with Crippen molar-refractivity contribution in [2.75, 3.05) is 5.88 Å². The van der Waals surface area contributed by atoms with Gasteiger partial charge >= 0.3 is 0 Å². The number of hydrogen-bond donors (Lipinski definition) is 3. The fourth-order valence-electron chi connectivity index (χ4n) is 5.03. The van der Waals surface area contributed by atoms with E-state index in [2.05, 4.69) is 10.0 Å². The summed E-state index contributed by atoms with van der Waals surface area (Å²) in [5.74, 6) is -0.961. The van der Waals surface area contributed by atoms with Gasteiger partial charge in [-0.25, -0.2) is 13.1 Å². The number of sulfonamides is 1. The summed E-state index contributed by atoms with van der Waals surface area (Å²) >= 11 is 13.8. The molecule has 3 aromatic carbocycles. The van der Waals surface area contributed by atoms with Crippen LogP contribution in [0.5, 0.6) is 0 Å². The lowest BCUT2D eigenvalue weighted by molar-refractivity contribution is -0.147. The summed E-state index contributed by atoms with van der Waals surface area (Å²) in [7, 11) is -4.30. The fourth-order valence-corrected chi connectivity index (χ4v) is 8.24. The molecule has 3 aromatic rings. The Morgan fingerprint density at radius 1 is 1.02 bits per heavy atom. The number of rotatable bonds is 10. The number of amides is 2. The minimum atomic E-state index is -4.30. The summed E-state index contributed by atoms with van der Waals surface area (Å²) in [4.78, 5) is 28.5. The molecule has 1 aliphatic rings. The number of nitrogens with zero attached hydrogens (tertiary/aromatic N) is 1. The Kier molecular flexibility index (Phi) is 10.5. The number of aliphatic hydroxyl groups is 1. The smallest absolute Gasteiger partial charge is 0.254 e. The Morgan fingerprint density at radius 3 is 2.35 bits per heavy atom. The molecule has 3 N–H and O–H groups in total. The molecule has 12 heteroatoms. The molecule has 0 aliphatic carbocycles. The topological polar surface area (TPSA) is 116 Å². The van der Waals surface area contributed by atoms with Crippen LogP contribution in [-0.2, 0) is 32.6 Å². The quantitative estimate of drug-likeness (QED) is 0.285. The minimum Gasteiger partial charge on any atom is -0.382 e. The maximum Gasteiger partial charge on any atom is 0.254 e. The largest absolute Gasteiger partial charge is 0.382 e. The molecule has 1 heterocycles. The van der Waals surface area contributed by atoms with Crippen LogP contribution in [0, 0.1) is 13.8 Å². The van der Waals surface area contributed by atoms with Crippen molar-refractivity contribution in [1.29, 1.82) is 0 Å². The van der Waals surface area contributed by atoms with Crippen molar-refractivity contribution in [2.45, 2.75) is 68.5 Å². The first-order valence-electron chi connectivity index (χ1n) is 13.7. The highest BCUT2D eigenvalue weighted by Crippen LogP contribution is 2.40. The first-order valence-corrected chi connectivity index (χ1v) is 16.9. The van der Waals surface area contributed by atoms with Gasteiger partial charge in [0.1, 0.15) is 17.0 Å². The first kappa shape index (κ1) is 33.3. The molecule has 0 spiro atoms. The van der Waals surface area contributed by atoms with Gasteiger partial charge in [0.2, 0.25) is 15.9 Å². The minimum absolute atomic E-state index is 0.00565. The summed E-state index contributed by atoms with van der Waals surface area (Å²) < 4.78 is 28.9. The van der Waals surface area contributed by atoms with E-state index in [1.165, 1.54) is 28.8 Å². The van der Waals surface area contributed by atoms with Gasteiger partial charge < -0.3 is 15.3 Å². The van der Waals surface area contributed by atoms with Crippen LogP contribution < -0.4 is 10.0 Å². The van der Waals surface area contributed by atoms with Crippen LogP contribution in [0.15, 0.2) is 71.6 Å². The zero-order chi connectivity index (χ0) is 31.5. The maximum atomic E-state index is 13.9. The van der Waals surface area contributed by atoms with Crippen molar-refractivity contribution in [2.24, 2.45) is 0 Å². The molecule has 0 aromatic heterocycles. The van der Waals surface area contributed by atoms with Gasteiger partial charge in [0.15, 0.2) is 0 Å². The number of aryl methyl sites for hydroxylation is 2. The van der Waals surface area contributed by atoms with Crippen LogP contribution in [0.1, 0.15) is 36.1 Å². The predicted molar refractivity (Wildman–Crippen MR) is 172 cm³/mol. The summed E-state index contributed by atoms with van der Waals surface area (Å²) in [5, 5.41) is 14.6. The molecule has 43 heavy (non-hydrogen) atoms. The SMILES string of the molecule is Cc1cc(S(=O)(=O)N[C@@H](Cc2ccccc2)[C@H](O)C(=O)N2CSC(C)(C)[C@H]2C(=O)NCc2ccccc2C)c(Cl)cc1Cl. The van der Waals surface area contributed by atoms with Gasteiger partial charge in [-0.15, -0.1) is 11.8 Å². The lowest BCUT2D eigenvalue weighted by Gasteiger charge is -2.33. The van der Waals surface area contributed by atoms with Gasteiger partial charge in [0.05, 0.1) is 16.9 Å². The zero-order valence-electron chi connectivity index (χ0n) is 24.3. The van der Waals surface area contributed by atoms with Crippen LogP contribution in [0.25, 0.3) is 0 Å². The normalized spacial score (nSPS) is 17.8. The molecule has 3 atom stereocenters. The van der Waals surface area contributed by atoms with Crippen LogP contribution in [0.4, 0.5) is 0 Å². The Balaban J connectivity index is 1.61. The second-order valence-corrected chi connectivity index (χ2v) is 15.2. The van der Waals surface area contributed by atoms with Crippen molar-refractivity contribution in [3.63, 3.8) is 0 Å². The number of benzene rings is 3. The molecular weight excluding hydrogens is 629 g/mol. The Labute approximate surface area is 267 Å². The lowest BCUT2D eigenvalue weighted by Crippen LogP contribution is -2.58. The van der Waals surface area contributed by atoms with Crippen molar-refractivity contribution in [3.05, 3.63) is 99.0 Å². The van der Waals surface area contributed by atoms with E-state index in [-0.39, 0.29) is 34.7 Å². The highest BCUT2D eigenvalue weighted by atomic mass is 35.5. The molecule has 0 unspecified atom stereocenters. The van der Waals surface area contributed by atoms with Crippen LogP contribution in [-0.4, -0.2) is 59.1 Å². The van der Waals surface area contributed by atoms with Gasteiger partial charge in [0, 0.05) is 16.3 Å². The highest BCUT2D eigenvalue weighted by Gasteiger charge is 2.50. The summed E-state index contributed by atoms with van der Waals surface area (Å²) in [6.45, 7) is 7.61. The molecule has 0 radical (unpaired) electrons. The van der Waals surface area contributed by atoms with Crippen LogP contribution in [0.3, 0.4) is 0 Å². The summed E-state index contributed by atoms with van der Waals surface area (Å²) in [6, 6.07) is 17.1. The molecule has 4 rings (SSSR count). The average Bonchev–Trinajstić information content (AvgIpc) is 3.28. The van der Waals surface area contributed by atoms with Crippen molar-refractivity contribution in [1.82, 2.24) is 14.9 Å². The summed E-state index contributed by atoms with van der Waals surface area (Å²) in [6.07, 6.45) is -1.80. The van der Waals surface area contributed by atoms with Crippen molar-refractivity contribution in [3.8, 4) is 0 Å². The molecular formula is C31H35Cl2N3O5S2. The second-order valence-electron chi connectivity index (χ2n) is 11.1. The Morgan fingerprint density at radius 2 is 1.67 bits per heavy atom. The monoisotopic (exact) mass is 663 g/mol. The molecule has 1 saturated heterocycles. The van der Waals surface area contributed by atoms with Gasteiger partial charge in [0.25, 0.3) is 5.91 Å². The van der Waals surface area contributed by atoms with Crippen LogP contribution in [0.2, 0.25) is 10.0 Å². The van der Waals surface area contributed by atoms with E-state index in [0.29, 0.717) is 16.1 Å². The van der Waals surface area contributed by atoms with E-state index in [4.69, 9.17) is 23.2 Å². The van der Waals surface area contributed by atoms with Gasteiger partial charge in [-0.3, -0.25) is 9.59 Å². The number of thioether (sulfide) groups is 1. The van der Waals surface area contributed by atoms with Gasteiger partial charge in [-0.2, -0.15) is 0 Å². The Bertz CT molecular complexity index is 1600. The molecule has 1 fully saturated rings. The number of aliphatic hydroxyl groups excluding tert-OH is 1. The first-order chi connectivity index (χ1) is 20.2. The molecule has 2 amide bonds. The summed E-state index contributed by atoms with van der Waals surface area (Å²) in [5.41, 5.74) is 3.17. The maximum absolute atomic E-state index is 13.9. The average molecular weight is 665 g/mol. The van der Waals surface area contributed by atoms with Gasteiger partial charge in [-0.1, -0.05) is 77.8 Å². The van der Waals surface area contributed by atoms with E-state index < -0.39 is 38.9 Å². The zero-order valence-corrected chi connectivity index (χ0v) is 27.4. The van der Waals surface area contributed by atoms with E-state index in [0.717, 1.165) is 11.1 Å². The number of hydrogen-bond acceptors (Lipinski definition) is 6. The molecule has 0 bridgehead atoms. The third kappa shape index (κ3) is 7.74. The third-order valence-corrected chi connectivity index (χ3v) is 11.3. The number of halogens is 2. The Hall–Kier alpha value is -2.60. The predicted octanol–water partition coefficient (Wildman–Crippen LogP) is 4.86. The third-order valence-electron chi connectivity index (χ3n) is 7.53. The standard InChI is InChI=1S/C31H35Cl2N3O5S2/c1-19-10-8-9-13-22(19)17-34-29(38)28-31(3,4)42-18-36(28)30(39)27(37)25(15-21-11-6-5-7-12-21)35-43(40,41)26-14-20(2)23(32)16-24(26)33/h5-14,16,25,27-28,35,37H,15,17-18H2,1-4H3,(H,34,38)/t25-,27-,28+/m0/s1. The van der Waals surface area contributed by atoms with Gasteiger partial charge in [-0.05, 0) is 68.5 Å². The number of carbonyl (C=O) groups is 2. The van der Waals surface area contributed by atoms with Crippen molar-refractivity contribution < 1.29 is 23.1 Å². The van der Waals surface area contributed by atoms with E-state index >= 15 is 0 Å². The van der Waals surface area contributed by atoms with E-state index in [1.807, 2.05) is 51.1 Å². The number of nitrogens with one attached hydrogen (secondary N) is 2. The van der Waals surface area contributed by atoms with E-state index in [1.54, 1.807) is 31.2 Å². The molecule has 1 aliphatic heterocycles. The highest BCUT2D eigenvalue weighted by molar-refractivity contribution is 8.00. The second kappa shape index (κ2) is 13.6. The fraction of sp³-hybridized carbons (Fsp3) is 0.355.